The lowest BCUT2D eigenvalue weighted by Gasteiger charge is -2.14. The van der Waals surface area contributed by atoms with E-state index in [-0.39, 0.29) is 17.2 Å². The highest BCUT2D eigenvalue weighted by Crippen LogP contribution is 2.30. The van der Waals surface area contributed by atoms with Crippen LogP contribution in [-0.4, -0.2) is 26.4 Å². The van der Waals surface area contributed by atoms with E-state index in [0.717, 1.165) is 0 Å². The summed E-state index contributed by atoms with van der Waals surface area (Å²) in [5.41, 5.74) is 1.67. The summed E-state index contributed by atoms with van der Waals surface area (Å²) in [4.78, 5) is 27.4. The van der Waals surface area contributed by atoms with Gasteiger partial charge in [-0.25, -0.2) is 14.2 Å². The molecule has 1 atom stereocenters. The van der Waals surface area contributed by atoms with E-state index in [9.17, 15) is 19.1 Å². The number of hydrogen-bond acceptors (Lipinski definition) is 3. The Morgan fingerprint density at radius 2 is 1.92 bits per heavy atom. The summed E-state index contributed by atoms with van der Waals surface area (Å²) < 4.78 is 15.7. The molecule has 1 unspecified atom stereocenters. The van der Waals surface area contributed by atoms with Crippen molar-refractivity contribution in [2.45, 2.75) is 19.9 Å². The number of nitrogens with zero attached hydrogens (tertiary/aromatic N) is 2. The quantitative estimate of drug-likeness (QED) is 0.742. The lowest BCUT2D eigenvalue weighted by Crippen LogP contribution is -2.16. The number of aromatic nitrogens is 2. The standard InChI is InChI=1S/C18H15FN2O3/c1-10(18(23)24)21-16-8-7-12(11(2)22)9-15(16)20-17(21)13-5-3-4-6-14(13)19/h3-10H,1-2H3,(H,23,24). The Morgan fingerprint density at radius 3 is 2.54 bits per heavy atom. The molecule has 24 heavy (non-hydrogen) atoms. The van der Waals surface area contributed by atoms with Gasteiger partial charge < -0.3 is 9.67 Å². The van der Waals surface area contributed by atoms with Gasteiger partial charge in [0.25, 0.3) is 0 Å². The van der Waals surface area contributed by atoms with Gasteiger partial charge in [0.15, 0.2) is 5.78 Å². The first kappa shape index (κ1) is 15.9. The summed E-state index contributed by atoms with van der Waals surface area (Å²) in [5, 5.41) is 9.40. The molecule has 0 radical (unpaired) electrons. The molecule has 0 aliphatic carbocycles. The maximum absolute atomic E-state index is 14.2. The monoisotopic (exact) mass is 326 g/mol. The van der Waals surface area contributed by atoms with Crippen LogP contribution in [0.4, 0.5) is 4.39 Å². The molecule has 0 amide bonds. The normalized spacial score (nSPS) is 12.3. The number of carboxylic acid groups (broad SMARTS) is 1. The van der Waals surface area contributed by atoms with E-state index in [1.807, 2.05) is 0 Å². The van der Waals surface area contributed by atoms with Gasteiger partial charge in [-0.2, -0.15) is 0 Å². The third-order valence-corrected chi connectivity index (χ3v) is 3.96. The zero-order valence-corrected chi connectivity index (χ0v) is 13.2. The molecule has 5 nitrogen and oxygen atoms in total. The summed E-state index contributed by atoms with van der Waals surface area (Å²) in [6.07, 6.45) is 0. The van der Waals surface area contributed by atoms with Crippen molar-refractivity contribution < 1.29 is 19.1 Å². The lowest BCUT2D eigenvalue weighted by atomic mass is 10.1. The molecule has 1 aromatic heterocycles. The van der Waals surface area contributed by atoms with Crippen molar-refractivity contribution in [3.63, 3.8) is 0 Å². The molecule has 1 heterocycles. The van der Waals surface area contributed by atoms with E-state index in [0.29, 0.717) is 16.6 Å². The topological polar surface area (TPSA) is 72.2 Å². The SMILES string of the molecule is CC(=O)c1ccc2c(c1)nc(-c1ccccc1F)n2C(C)C(=O)O. The fourth-order valence-corrected chi connectivity index (χ4v) is 2.65. The van der Waals surface area contributed by atoms with Crippen LogP contribution in [0.5, 0.6) is 0 Å². The average molecular weight is 326 g/mol. The minimum Gasteiger partial charge on any atom is -0.480 e. The molecule has 0 bridgehead atoms. The number of benzene rings is 2. The number of halogens is 1. The minimum atomic E-state index is -1.05. The molecule has 0 fully saturated rings. The Balaban J connectivity index is 2.34. The second kappa shape index (κ2) is 5.88. The fraction of sp³-hybridized carbons (Fsp3) is 0.167. The highest BCUT2D eigenvalue weighted by Gasteiger charge is 2.23. The van der Waals surface area contributed by atoms with E-state index in [1.165, 1.54) is 24.5 Å². The number of rotatable bonds is 4. The van der Waals surface area contributed by atoms with Crippen LogP contribution in [0.2, 0.25) is 0 Å². The smallest absolute Gasteiger partial charge is 0.326 e. The average Bonchev–Trinajstić information content (AvgIpc) is 2.92. The third-order valence-electron chi connectivity index (χ3n) is 3.96. The summed E-state index contributed by atoms with van der Waals surface area (Å²) in [5.74, 6) is -1.44. The van der Waals surface area contributed by atoms with Crippen LogP contribution in [0, 0.1) is 5.82 Å². The number of carbonyl (C=O) groups is 2. The molecule has 3 rings (SSSR count). The van der Waals surface area contributed by atoms with Crippen LogP contribution >= 0.6 is 0 Å². The van der Waals surface area contributed by atoms with Gasteiger partial charge >= 0.3 is 5.97 Å². The first-order chi connectivity index (χ1) is 11.4. The van der Waals surface area contributed by atoms with Crippen LogP contribution < -0.4 is 0 Å². The van der Waals surface area contributed by atoms with Gasteiger partial charge in [-0.05, 0) is 44.2 Å². The first-order valence-corrected chi connectivity index (χ1v) is 7.40. The molecular weight excluding hydrogens is 311 g/mol. The molecule has 0 saturated carbocycles. The first-order valence-electron chi connectivity index (χ1n) is 7.40. The van der Waals surface area contributed by atoms with E-state index >= 15 is 0 Å². The highest BCUT2D eigenvalue weighted by atomic mass is 19.1. The Kier molecular flexibility index (Phi) is 3.89. The lowest BCUT2D eigenvalue weighted by molar-refractivity contribution is -0.140. The van der Waals surface area contributed by atoms with Crippen molar-refractivity contribution in [1.29, 1.82) is 0 Å². The number of hydrogen-bond donors (Lipinski definition) is 1. The fourth-order valence-electron chi connectivity index (χ4n) is 2.65. The Hall–Kier alpha value is -3.02. The van der Waals surface area contributed by atoms with Crippen LogP contribution in [-0.2, 0) is 4.79 Å². The van der Waals surface area contributed by atoms with Gasteiger partial charge in [-0.1, -0.05) is 12.1 Å². The largest absolute Gasteiger partial charge is 0.480 e. The Bertz CT molecular complexity index is 962. The second-order valence-corrected chi connectivity index (χ2v) is 5.56. The number of Topliss-reactive ketones (excluding diaryl/α,β-unsaturated/α-hetero) is 1. The predicted molar refractivity (Wildman–Crippen MR) is 87.5 cm³/mol. The molecule has 1 N–H and O–H groups in total. The van der Waals surface area contributed by atoms with Gasteiger partial charge in [0, 0.05) is 5.56 Å². The summed E-state index contributed by atoms with van der Waals surface area (Å²) in [6.45, 7) is 2.95. The van der Waals surface area contributed by atoms with Crippen molar-refractivity contribution in [2.75, 3.05) is 0 Å². The van der Waals surface area contributed by atoms with Crippen molar-refractivity contribution >= 4 is 22.8 Å². The van der Waals surface area contributed by atoms with Gasteiger partial charge in [-0.15, -0.1) is 0 Å². The van der Waals surface area contributed by atoms with Gasteiger partial charge in [-0.3, -0.25) is 4.79 Å². The number of carbonyl (C=O) groups excluding carboxylic acids is 1. The third kappa shape index (κ3) is 2.56. The minimum absolute atomic E-state index is 0.120. The Labute approximate surface area is 137 Å². The number of carboxylic acids is 1. The molecule has 6 heteroatoms. The van der Waals surface area contributed by atoms with Crippen LogP contribution in [0.1, 0.15) is 30.2 Å². The van der Waals surface area contributed by atoms with Gasteiger partial charge in [0.05, 0.1) is 16.6 Å². The number of fused-ring (bicyclic) bond motifs is 1. The summed E-state index contributed by atoms with van der Waals surface area (Å²) in [7, 11) is 0. The zero-order chi connectivity index (χ0) is 17.4. The van der Waals surface area contributed by atoms with E-state index in [4.69, 9.17) is 0 Å². The molecule has 0 spiro atoms. The van der Waals surface area contributed by atoms with Crippen LogP contribution in [0.15, 0.2) is 42.5 Å². The number of aliphatic carboxylic acids is 1. The van der Waals surface area contributed by atoms with Crippen LogP contribution in [0.3, 0.4) is 0 Å². The molecule has 0 saturated heterocycles. The van der Waals surface area contributed by atoms with Crippen molar-refractivity contribution in [3.8, 4) is 11.4 Å². The summed E-state index contributed by atoms with van der Waals surface area (Å²) >= 11 is 0. The predicted octanol–water partition coefficient (Wildman–Crippen LogP) is 3.69. The molecule has 122 valence electrons. The maximum Gasteiger partial charge on any atom is 0.326 e. The highest BCUT2D eigenvalue weighted by molar-refractivity contribution is 5.98. The van der Waals surface area contributed by atoms with E-state index < -0.39 is 17.8 Å². The Morgan fingerprint density at radius 1 is 1.21 bits per heavy atom. The van der Waals surface area contributed by atoms with E-state index in [2.05, 4.69) is 4.98 Å². The van der Waals surface area contributed by atoms with Crippen molar-refractivity contribution in [1.82, 2.24) is 9.55 Å². The van der Waals surface area contributed by atoms with Crippen molar-refractivity contribution in [2.24, 2.45) is 0 Å². The molecule has 3 aromatic rings. The van der Waals surface area contributed by atoms with Gasteiger partial charge in [0.1, 0.15) is 17.7 Å². The molecular formula is C18H15FN2O3. The number of ketones is 1. The van der Waals surface area contributed by atoms with Crippen LogP contribution in [0.25, 0.3) is 22.4 Å². The summed E-state index contributed by atoms with van der Waals surface area (Å²) in [6, 6.07) is 9.97. The number of imidazole rings is 1. The molecule has 0 aliphatic heterocycles. The zero-order valence-electron chi connectivity index (χ0n) is 13.2. The molecule has 2 aromatic carbocycles. The molecule has 0 aliphatic rings. The second-order valence-electron chi connectivity index (χ2n) is 5.56. The van der Waals surface area contributed by atoms with Crippen molar-refractivity contribution in [3.05, 3.63) is 53.8 Å². The van der Waals surface area contributed by atoms with E-state index in [1.54, 1.807) is 36.4 Å². The van der Waals surface area contributed by atoms with Gasteiger partial charge in [0.2, 0.25) is 0 Å². The maximum atomic E-state index is 14.2.